The Hall–Kier alpha value is -2.62. The molecule has 2 aromatic rings. The van der Waals surface area contributed by atoms with E-state index < -0.39 is 0 Å². The fraction of sp³-hybridized carbons (Fsp3) is 0.176. The average Bonchev–Trinajstić information content (AvgIpc) is 2.54. The molecule has 0 radical (unpaired) electrons. The monoisotopic (exact) mass is 283 g/mol. The van der Waals surface area contributed by atoms with Crippen molar-refractivity contribution in [1.82, 2.24) is 0 Å². The maximum atomic E-state index is 12.4. The number of carbonyl (C=O) groups is 2. The molecule has 2 rings (SSSR count). The zero-order valence-electron chi connectivity index (χ0n) is 12.1. The highest BCUT2D eigenvalue weighted by Gasteiger charge is 2.13. The predicted octanol–water partition coefficient (Wildman–Crippen LogP) is 3.27. The second kappa shape index (κ2) is 6.70. The van der Waals surface area contributed by atoms with Gasteiger partial charge in [0.25, 0.3) is 0 Å². The van der Waals surface area contributed by atoms with Gasteiger partial charge < -0.3 is 10.1 Å². The van der Waals surface area contributed by atoms with Gasteiger partial charge in [-0.05, 0) is 18.2 Å². The summed E-state index contributed by atoms with van der Waals surface area (Å²) < 4.78 is 5.21. The predicted molar refractivity (Wildman–Crippen MR) is 81.8 cm³/mol. The highest BCUT2D eigenvalue weighted by molar-refractivity contribution is 6.10. The van der Waals surface area contributed by atoms with Crippen LogP contribution in [0.25, 0.3) is 0 Å². The van der Waals surface area contributed by atoms with Crippen LogP contribution in [-0.4, -0.2) is 18.8 Å². The van der Waals surface area contributed by atoms with E-state index in [0.29, 0.717) is 29.0 Å². The number of benzene rings is 2. The minimum Gasteiger partial charge on any atom is -0.495 e. The van der Waals surface area contributed by atoms with Gasteiger partial charge >= 0.3 is 0 Å². The van der Waals surface area contributed by atoms with Crippen molar-refractivity contribution >= 4 is 17.4 Å². The number of nitrogens with one attached hydrogen (secondary N) is 1. The molecule has 0 aliphatic carbocycles. The van der Waals surface area contributed by atoms with Gasteiger partial charge in [0.05, 0.1) is 12.8 Å². The molecule has 0 unspecified atom stereocenters. The topological polar surface area (TPSA) is 55.4 Å². The van der Waals surface area contributed by atoms with Crippen LogP contribution in [0.15, 0.2) is 48.5 Å². The summed E-state index contributed by atoms with van der Waals surface area (Å²) in [7, 11) is 1.52. The van der Waals surface area contributed by atoms with Gasteiger partial charge in [0.2, 0.25) is 5.91 Å². The smallest absolute Gasteiger partial charge is 0.224 e. The fourth-order valence-corrected chi connectivity index (χ4v) is 1.94. The Morgan fingerprint density at radius 2 is 1.76 bits per heavy atom. The number of carbonyl (C=O) groups excluding carboxylic acids is 2. The van der Waals surface area contributed by atoms with Crippen LogP contribution in [0.1, 0.15) is 29.3 Å². The highest BCUT2D eigenvalue weighted by atomic mass is 16.5. The van der Waals surface area contributed by atoms with Crippen molar-refractivity contribution in [3.8, 4) is 5.75 Å². The van der Waals surface area contributed by atoms with Gasteiger partial charge in [-0.1, -0.05) is 37.3 Å². The van der Waals surface area contributed by atoms with Gasteiger partial charge in [-0.25, -0.2) is 0 Å². The van der Waals surface area contributed by atoms with Crippen LogP contribution in [-0.2, 0) is 4.79 Å². The van der Waals surface area contributed by atoms with Crippen molar-refractivity contribution in [3.05, 3.63) is 59.7 Å². The van der Waals surface area contributed by atoms with Crippen LogP contribution in [0.4, 0.5) is 5.69 Å². The average molecular weight is 283 g/mol. The van der Waals surface area contributed by atoms with Crippen molar-refractivity contribution in [2.75, 3.05) is 12.4 Å². The molecular weight excluding hydrogens is 266 g/mol. The first-order chi connectivity index (χ1) is 10.2. The third-order valence-electron chi connectivity index (χ3n) is 3.09. The summed E-state index contributed by atoms with van der Waals surface area (Å²) in [6, 6.07) is 14.0. The van der Waals surface area contributed by atoms with Crippen molar-refractivity contribution in [2.45, 2.75) is 13.3 Å². The number of ether oxygens (including phenoxy) is 1. The molecule has 2 aromatic carbocycles. The van der Waals surface area contributed by atoms with E-state index in [1.54, 1.807) is 37.3 Å². The van der Waals surface area contributed by atoms with E-state index in [9.17, 15) is 9.59 Å². The molecule has 0 aromatic heterocycles. The Kier molecular flexibility index (Phi) is 4.72. The Balaban J connectivity index is 2.35. The lowest BCUT2D eigenvalue weighted by Crippen LogP contribution is -2.11. The lowest BCUT2D eigenvalue weighted by Gasteiger charge is -2.11. The largest absolute Gasteiger partial charge is 0.495 e. The Labute approximate surface area is 123 Å². The lowest BCUT2D eigenvalue weighted by atomic mass is 10.0. The van der Waals surface area contributed by atoms with Crippen LogP contribution in [0, 0.1) is 0 Å². The Morgan fingerprint density at radius 3 is 2.38 bits per heavy atom. The molecule has 108 valence electrons. The molecule has 4 nitrogen and oxygen atoms in total. The molecule has 0 aliphatic heterocycles. The third-order valence-corrected chi connectivity index (χ3v) is 3.09. The summed E-state index contributed by atoms with van der Waals surface area (Å²) in [6.45, 7) is 1.76. The molecular formula is C17H17NO3. The van der Waals surface area contributed by atoms with Crippen molar-refractivity contribution in [1.29, 1.82) is 0 Å². The van der Waals surface area contributed by atoms with E-state index in [1.807, 2.05) is 18.2 Å². The van der Waals surface area contributed by atoms with Crippen LogP contribution >= 0.6 is 0 Å². The second-order valence-corrected chi connectivity index (χ2v) is 4.51. The van der Waals surface area contributed by atoms with Crippen LogP contribution < -0.4 is 10.1 Å². The fourth-order valence-electron chi connectivity index (χ4n) is 1.94. The maximum absolute atomic E-state index is 12.4. The number of hydrogen-bond acceptors (Lipinski definition) is 3. The van der Waals surface area contributed by atoms with Gasteiger partial charge in [-0.15, -0.1) is 0 Å². The molecule has 0 heterocycles. The number of anilines is 1. The number of rotatable bonds is 5. The summed E-state index contributed by atoms with van der Waals surface area (Å²) >= 11 is 0. The van der Waals surface area contributed by atoms with E-state index >= 15 is 0 Å². The molecule has 0 aliphatic rings. The Morgan fingerprint density at radius 1 is 1.05 bits per heavy atom. The first-order valence-electron chi connectivity index (χ1n) is 6.73. The molecule has 0 bridgehead atoms. The van der Waals surface area contributed by atoms with Gasteiger partial charge in [0, 0.05) is 17.5 Å². The highest BCUT2D eigenvalue weighted by Crippen LogP contribution is 2.26. The molecule has 1 N–H and O–H groups in total. The first-order valence-corrected chi connectivity index (χ1v) is 6.73. The first kappa shape index (κ1) is 14.8. The quantitative estimate of drug-likeness (QED) is 0.857. The van der Waals surface area contributed by atoms with Gasteiger partial charge in [0.1, 0.15) is 5.75 Å². The maximum Gasteiger partial charge on any atom is 0.224 e. The van der Waals surface area contributed by atoms with Gasteiger partial charge in [0.15, 0.2) is 5.78 Å². The van der Waals surface area contributed by atoms with Crippen LogP contribution in [0.2, 0.25) is 0 Å². The Bertz CT molecular complexity index is 650. The number of ketones is 1. The van der Waals surface area contributed by atoms with E-state index in [0.717, 1.165) is 0 Å². The summed E-state index contributed by atoms with van der Waals surface area (Å²) in [6.07, 6.45) is 0.361. The molecule has 0 spiro atoms. The van der Waals surface area contributed by atoms with Gasteiger partial charge in [-0.2, -0.15) is 0 Å². The molecule has 0 atom stereocenters. The van der Waals surface area contributed by atoms with E-state index in [4.69, 9.17) is 4.74 Å². The summed E-state index contributed by atoms with van der Waals surface area (Å²) in [4.78, 5) is 23.9. The molecule has 1 amide bonds. The lowest BCUT2D eigenvalue weighted by molar-refractivity contribution is -0.115. The number of hydrogen-bond donors (Lipinski definition) is 1. The molecule has 0 saturated carbocycles. The normalized spacial score (nSPS) is 10.0. The molecule has 0 fully saturated rings. The summed E-state index contributed by atoms with van der Waals surface area (Å²) in [5, 5.41) is 2.74. The number of amides is 1. The van der Waals surface area contributed by atoms with E-state index in [-0.39, 0.29) is 11.7 Å². The van der Waals surface area contributed by atoms with Crippen molar-refractivity contribution < 1.29 is 14.3 Å². The van der Waals surface area contributed by atoms with Crippen molar-refractivity contribution in [3.63, 3.8) is 0 Å². The SMILES string of the molecule is CCC(=O)Nc1cc(C(=O)c2ccccc2)ccc1OC. The number of methoxy groups -OCH3 is 1. The van der Waals surface area contributed by atoms with E-state index in [2.05, 4.69) is 5.32 Å². The van der Waals surface area contributed by atoms with Crippen LogP contribution in [0.3, 0.4) is 0 Å². The third kappa shape index (κ3) is 3.48. The molecule has 21 heavy (non-hydrogen) atoms. The van der Waals surface area contributed by atoms with Crippen LogP contribution in [0.5, 0.6) is 5.75 Å². The minimum atomic E-state index is -0.127. The molecule has 0 saturated heterocycles. The summed E-state index contributed by atoms with van der Waals surface area (Å²) in [5.41, 5.74) is 1.62. The minimum absolute atomic E-state index is 0.0924. The zero-order valence-corrected chi connectivity index (χ0v) is 12.1. The standard InChI is InChI=1S/C17H17NO3/c1-3-16(19)18-14-11-13(9-10-15(14)21-2)17(20)12-7-5-4-6-8-12/h4-11H,3H2,1-2H3,(H,18,19). The van der Waals surface area contributed by atoms with E-state index in [1.165, 1.54) is 7.11 Å². The second-order valence-electron chi connectivity index (χ2n) is 4.51. The van der Waals surface area contributed by atoms with Gasteiger partial charge in [-0.3, -0.25) is 9.59 Å². The zero-order chi connectivity index (χ0) is 15.2. The summed E-state index contributed by atoms with van der Waals surface area (Å²) in [5.74, 6) is 0.310. The van der Waals surface area contributed by atoms with Crippen molar-refractivity contribution in [2.24, 2.45) is 0 Å². The molecule has 4 heteroatoms.